The highest BCUT2D eigenvalue weighted by molar-refractivity contribution is 7.89. The van der Waals surface area contributed by atoms with Gasteiger partial charge in [0.25, 0.3) is 5.91 Å². The Kier molecular flexibility index (Phi) is 7.59. The van der Waals surface area contributed by atoms with Gasteiger partial charge in [0.1, 0.15) is 0 Å². The molecule has 0 aromatic heterocycles. The van der Waals surface area contributed by atoms with Crippen LogP contribution < -0.4 is 5.32 Å². The first-order valence-electron chi connectivity index (χ1n) is 11.2. The number of likely N-dealkylation sites (N-methyl/N-ethyl adjacent to an activating group) is 1. The number of carbonyl (C=O) groups excluding carboxylic acids is 2. The molecule has 3 rings (SSSR count). The summed E-state index contributed by atoms with van der Waals surface area (Å²) in [4.78, 5) is 26.9. The van der Waals surface area contributed by atoms with E-state index in [1.165, 1.54) is 33.5 Å². The second-order valence-electron chi connectivity index (χ2n) is 9.12. The van der Waals surface area contributed by atoms with Crippen molar-refractivity contribution in [3.63, 3.8) is 0 Å². The van der Waals surface area contributed by atoms with Crippen molar-refractivity contribution in [1.82, 2.24) is 9.21 Å². The molecule has 1 N–H and O–H groups in total. The number of carbonyl (C=O) groups is 2. The van der Waals surface area contributed by atoms with Crippen LogP contribution in [-0.2, 0) is 14.8 Å². The highest BCUT2D eigenvalue weighted by atomic mass is 32.2. The molecule has 1 saturated heterocycles. The molecule has 2 amide bonds. The number of aryl methyl sites for hydroxylation is 3. The number of benzene rings is 2. The molecular weight excluding hydrogens is 438 g/mol. The number of nitrogens with one attached hydrogen (secondary N) is 1. The third-order valence-corrected chi connectivity index (χ3v) is 7.91. The average molecular weight is 472 g/mol. The maximum atomic E-state index is 12.9. The van der Waals surface area contributed by atoms with Crippen LogP contribution in [-0.4, -0.2) is 56.1 Å². The number of piperidine rings is 1. The van der Waals surface area contributed by atoms with Crippen LogP contribution in [0, 0.1) is 26.7 Å². The minimum atomic E-state index is -3.58. The Balaban J connectivity index is 1.65. The fraction of sp³-hybridized carbons (Fsp3) is 0.440. The van der Waals surface area contributed by atoms with Gasteiger partial charge in [0, 0.05) is 31.4 Å². The summed E-state index contributed by atoms with van der Waals surface area (Å²) < 4.78 is 27.4. The molecule has 0 radical (unpaired) electrons. The molecule has 1 aliphatic rings. The van der Waals surface area contributed by atoms with Crippen LogP contribution in [0.2, 0.25) is 0 Å². The highest BCUT2D eigenvalue weighted by Gasteiger charge is 2.29. The van der Waals surface area contributed by atoms with Crippen molar-refractivity contribution in [3.8, 4) is 0 Å². The molecule has 0 unspecified atom stereocenters. The lowest BCUT2D eigenvalue weighted by Crippen LogP contribution is -2.39. The Morgan fingerprint density at radius 3 is 2.27 bits per heavy atom. The summed E-state index contributed by atoms with van der Waals surface area (Å²) in [6.45, 7) is 8.84. The van der Waals surface area contributed by atoms with E-state index in [2.05, 4.69) is 12.2 Å². The third-order valence-electron chi connectivity index (χ3n) is 6.03. The summed E-state index contributed by atoms with van der Waals surface area (Å²) in [7, 11) is -2.03. The zero-order valence-electron chi connectivity index (χ0n) is 20.0. The van der Waals surface area contributed by atoms with Crippen LogP contribution in [0.4, 0.5) is 5.69 Å². The molecule has 33 heavy (non-hydrogen) atoms. The first-order chi connectivity index (χ1) is 15.5. The summed E-state index contributed by atoms with van der Waals surface area (Å²) in [5.74, 6) is -0.306. The second kappa shape index (κ2) is 10.1. The van der Waals surface area contributed by atoms with Crippen LogP contribution in [0.5, 0.6) is 0 Å². The Morgan fingerprint density at radius 2 is 1.70 bits per heavy atom. The quantitative estimate of drug-likeness (QED) is 0.695. The molecule has 8 heteroatoms. The molecular formula is C25H33N3O4S. The zero-order chi connectivity index (χ0) is 24.3. The normalized spacial score (nSPS) is 16.9. The summed E-state index contributed by atoms with van der Waals surface area (Å²) in [5.41, 5.74) is 4.15. The Bertz CT molecular complexity index is 1120. The van der Waals surface area contributed by atoms with Gasteiger partial charge in [-0.2, -0.15) is 4.31 Å². The lowest BCUT2D eigenvalue weighted by atomic mass is 10.0. The standard InChI is InChI=1S/C25H33N3O4S/c1-17-7-6-12-28(15-17)33(31,32)22-10-8-21(9-11-22)25(30)27(5)16-23(29)26-24-19(3)13-18(2)14-20(24)4/h8-11,13-14,17H,6-7,12,15-16H2,1-5H3,(H,26,29)/t17-/m1/s1. The number of amides is 2. The van der Waals surface area contributed by atoms with Gasteiger partial charge in [0.15, 0.2) is 0 Å². The molecule has 2 aromatic carbocycles. The summed E-state index contributed by atoms with van der Waals surface area (Å²) in [5, 5.41) is 2.89. The van der Waals surface area contributed by atoms with Crippen LogP contribution >= 0.6 is 0 Å². The average Bonchev–Trinajstić information content (AvgIpc) is 2.75. The van der Waals surface area contributed by atoms with Gasteiger partial charge in [-0.05, 0) is 74.9 Å². The fourth-order valence-electron chi connectivity index (χ4n) is 4.35. The molecule has 1 atom stereocenters. The zero-order valence-corrected chi connectivity index (χ0v) is 20.8. The van der Waals surface area contributed by atoms with Crippen LogP contribution in [0.25, 0.3) is 0 Å². The molecule has 1 heterocycles. The minimum absolute atomic E-state index is 0.114. The summed E-state index contributed by atoms with van der Waals surface area (Å²) in [6.07, 6.45) is 1.88. The SMILES string of the molecule is Cc1cc(C)c(NC(=O)CN(C)C(=O)c2ccc(S(=O)(=O)N3CCC[C@@H](C)C3)cc2)c(C)c1. The van der Waals surface area contributed by atoms with Crippen molar-refractivity contribution < 1.29 is 18.0 Å². The van der Waals surface area contributed by atoms with E-state index in [4.69, 9.17) is 0 Å². The molecule has 1 aliphatic heterocycles. The third kappa shape index (κ3) is 5.81. The van der Waals surface area contributed by atoms with E-state index in [9.17, 15) is 18.0 Å². The molecule has 178 valence electrons. The minimum Gasteiger partial charge on any atom is -0.332 e. The van der Waals surface area contributed by atoms with Gasteiger partial charge in [-0.1, -0.05) is 24.6 Å². The van der Waals surface area contributed by atoms with E-state index >= 15 is 0 Å². The highest BCUT2D eigenvalue weighted by Crippen LogP contribution is 2.24. The second-order valence-corrected chi connectivity index (χ2v) is 11.1. The number of nitrogens with zero attached hydrogens (tertiary/aromatic N) is 2. The van der Waals surface area contributed by atoms with E-state index < -0.39 is 10.0 Å². The fourth-order valence-corrected chi connectivity index (χ4v) is 5.95. The number of hydrogen-bond acceptors (Lipinski definition) is 4. The topological polar surface area (TPSA) is 86.8 Å². The molecule has 0 bridgehead atoms. The largest absolute Gasteiger partial charge is 0.332 e. The molecule has 1 fully saturated rings. The van der Waals surface area contributed by atoms with E-state index in [0.717, 1.165) is 35.2 Å². The van der Waals surface area contributed by atoms with Crippen molar-refractivity contribution in [2.45, 2.75) is 45.4 Å². The van der Waals surface area contributed by atoms with Crippen LogP contribution in [0.15, 0.2) is 41.3 Å². The predicted molar refractivity (Wildman–Crippen MR) is 130 cm³/mol. The Morgan fingerprint density at radius 1 is 1.09 bits per heavy atom. The predicted octanol–water partition coefficient (Wildman–Crippen LogP) is 3.74. The summed E-state index contributed by atoms with van der Waals surface area (Å²) >= 11 is 0. The maximum absolute atomic E-state index is 12.9. The van der Waals surface area contributed by atoms with Gasteiger partial charge in [-0.25, -0.2) is 8.42 Å². The number of sulfonamides is 1. The smallest absolute Gasteiger partial charge is 0.254 e. The van der Waals surface area contributed by atoms with Gasteiger partial charge in [-0.15, -0.1) is 0 Å². The molecule has 2 aromatic rings. The van der Waals surface area contributed by atoms with Crippen LogP contribution in [0.1, 0.15) is 46.8 Å². The molecule has 0 saturated carbocycles. The lowest BCUT2D eigenvalue weighted by Gasteiger charge is -2.30. The summed E-state index contributed by atoms with van der Waals surface area (Å²) in [6, 6.07) is 9.94. The van der Waals surface area contributed by atoms with E-state index in [1.807, 2.05) is 32.9 Å². The van der Waals surface area contributed by atoms with Gasteiger partial charge < -0.3 is 10.2 Å². The van der Waals surface area contributed by atoms with Crippen molar-refractivity contribution in [3.05, 3.63) is 58.7 Å². The van der Waals surface area contributed by atoms with Crippen molar-refractivity contribution in [1.29, 1.82) is 0 Å². The van der Waals surface area contributed by atoms with Gasteiger partial charge in [0.2, 0.25) is 15.9 Å². The number of anilines is 1. The van der Waals surface area contributed by atoms with Gasteiger partial charge in [0.05, 0.1) is 11.4 Å². The van der Waals surface area contributed by atoms with E-state index in [1.54, 1.807) is 7.05 Å². The Hall–Kier alpha value is -2.71. The first kappa shape index (κ1) is 24.9. The van der Waals surface area contributed by atoms with Gasteiger partial charge >= 0.3 is 0 Å². The lowest BCUT2D eigenvalue weighted by molar-refractivity contribution is -0.116. The number of hydrogen-bond donors (Lipinski definition) is 1. The molecule has 7 nitrogen and oxygen atoms in total. The maximum Gasteiger partial charge on any atom is 0.254 e. The monoisotopic (exact) mass is 471 g/mol. The Labute approximate surface area is 196 Å². The van der Waals surface area contributed by atoms with Crippen molar-refractivity contribution in [2.75, 3.05) is 32.0 Å². The van der Waals surface area contributed by atoms with Crippen molar-refractivity contribution >= 4 is 27.5 Å². The van der Waals surface area contributed by atoms with Crippen molar-refractivity contribution in [2.24, 2.45) is 5.92 Å². The molecule has 0 aliphatic carbocycles. The number of rotatable bonds is 6. The first-order valence-corrected chi connectivity index (χ1v) is 12.7. The van der Waals surface area contributed by atoms with Crippen LogP contribution in [0.3, 0.4) is 0 Å². The van der Waals surface area contributed by atoms with E-state index in [-0.39, 0.29) is 23.3 Å². The van der Waals surface area contributed by atoms with E-state index in [0.29, 0.717) is 24.6 Å². The molecule has 0 spiro atoms. The van der Waals surface area contributed by atoms with Gasteiger partial charge in [-0.3, -0.25) is 9.59 Å².